The number of anilines is 2. The van der Waals surface area contributed by atoms with Gasteiger partial charge >= 0.3 is 5.97 Å². The number of hydrogen-bond donors (Lipinski definition) is 1. The number of benzene rings is 2. The number of carbonyl (C=O) groups excluding carboxylic acids is 4. The van der Waals surface area contributed by atoms with Gasteiger partial charge in [-0.05, 0) is 61.7 Å². The first-order valence-corrected chi connectivity index (χ1v) is 12.3. The van der Waals surface area contributed by atoms with Crippen molar-refractivity contribution >= 4 is 74.2 Å². The molecule has 178 valence electrons. The van der Waals surface area contributed by atoms with Crippen LogP contribution in [0.15, 0.2) is 46.9 Å². The summed E-state index contributed by atoms with van der Waals surface area (Å²) in [5, 5.41) is 1.93. The quantitative estimate of drug-likeness (QED) is 0.322. The van der Waals surface area contributed by atoms with E-state index in [0.717, 1.165) is 14.9 Å². The molecule has 2 fully saturated rings. The first-order chi connectivity index (χ1) is 16.2. The highest BCUT2D eigenvalue weighted by Gasteiger charge is 2.52. The zero-order valence-electron chi connectivity index (χ0n) is 18.1. The van der Waals surface area contributed by atoms with E-state index in [9.17, 15) is 19.2 Å². The molecule has 3 amide bonds. The molecule has 2 aromatic rings. The van der Waals surface area contributed by atoms with Gasteiger partial charge in [0.05, 0.1) is 33.8 Å². The fourth-order valence-electron chi connectivity index (χ4n) is 4.29. The monoisotopic (exact) mass is 566 g/mol. The molecule has 0 unspecified atom stereocenters. The minimum Gasteiger partial charge on any atom is -0.452 e. The number of nitrogens with one attached hydrogen (secondary N) is 1. The lowest BCUT2D eigenvalue weighted by Gasteiger charge is -2.28. The van der Waals surface area contributed by atoms with Gasteiger partial charge < -0.3 is 10.1 Å². The smallest absolute Gasteiger partial charge is 0.338 e. The molecule has 1 saturated carbocycles. The van der Waals surface area contributed by atoms with Crippen molar-refractivity contribution in [2.45, 2.75) is 30.5 Å². The maximum absolute atomic E-state index is 13.0. The van der Waals surface area contributed by atoms with E-state index < -0.39 is 30.3 Å². The second-order valence-electron chi connectivity index (χ2n) is 8.36. The first-order valence-electron chi connectivity index (χ1n) is 10.6. The summed E-state index contributed by atoms with van der Waals surface area (Å²) in [6.45, 7) is 1.36. The molecule has 0 bridgehead atoms. The van der Waals surface area contributed by atoms with Crippen molar-refractivity contribution in [2.24, 2.45) is 11.8 Å². The summed E-state index contributed by atoms with van der Waals surface area (Å²) >= 11 is 15.8. The molecule has 1 aliphatic carbocycles. The van der Waals surface area contributed by atoms with Crippen LogP contribution in [-0.2, 0) is 19.1 Å². The SMILES string of the molecule is Cc1cc(Br)ccc1NC(=O)COC(=O)c1cccc(N2C(=O)[C@H]3C[C@@H](Cl)[C@@H](Cl)C[C@H]3C2=O)c1. The first kappa shape index (κ1) is 24.7. The van der Waals surface area contributed by atoms with Gasteiger partial charge in [0.15, 0.2) is 6.61 Å². The standard InChI is InChI=1S/C24H21BrCl2N2O5/c1-12-7-14(25)5-6-20(12)28-21(30)11-34-24(33)13-3-2-4-15(8-13)29-22(31)16-9-18(26)19(27)10-17(16)23(29)32/h2-8,16-19H,9-11H2,1H3,(H,28,30)/t16-,17+,18+,19-. The summed E-state index contributed by atoms with van der Waals surface area (Å²) in [6.07, 6.45) is 0.659. The number of hydrogen-bond acceptors (Lipinski definition) is 5. The molecule has 0 radical (unpaired) electrons. The number of rotatable bonds is 5. The highest BCUT2D eigenvalue weighted by molar-refractivity contribution is 9.10. The Bertz CT molecular complexity index is 1150. The summed E-state index contributed by atoms with van der Waals surface area (Å²) in [5.41, 5.74) is 1.84. The number of esters is 1. The number of aryl methyl sites for hydroxylation is 1. The van der Waals surface area contributed by atoms with Gasteiger partial charge in [-0.1, -0.05) is 22.0 Å². The van der Waals surface area contributed by atoms with Crippen molar-refractivity contribution in [1.29, 1.82) is 0 Å². The Balaban J connectivity index is 1.42. The Labute approximate surface area is 214 Å². The molecule has 34 heavy (non-hydrogen) atoms. The van der Waals surface area contributed by atoms with Crippen molar-refractivity contribution in [3.8, 4) is 0 Å². The van der Waals surface area contributed by atoms with E-state index in [1.54, 1.807) is 24.3 Å². The summed E-state index contributed by atoms with van der Waals surface area (Å²) in [4.78, 5) is 51.8. The molecule has 1 heterocycles. The van der Waals surface area contributed by atoms with Crippen LogP contribution in [0, 0.1) is 18.8 Å². The predicted molar refractivity (Wildman–Crippen MR) is 132 cm³/mol. The fraction of sp³-hybridized carbons (Fsp3) is 0.333. The molecule has 1 aliphatic heterocycles. The molecule has 4 atom stereocenters. The maximum Gasteiger partial charge on any atom is 0.338 e. The van der Waals surface area contributed by atoms with E-state index in [1.807, 2.05) is 13.0 Å². The molecule has 1 N–H and O–H groups in total. The number of alkyl halides is 2. The van der Waals surface area contributed by atoms with Crippen molar-refractivity contribution < 1.29 is 23.9 Å². The van der Waals surface area contributed by atoms with Crippen LogP contribution in [0.2, 0.25) is 0 Å². The molecular formula is C24H21BrCl2N2O5. The van der Waals surface area contributed by atoms with Crippen LogP contribution in [0.25, 0.3) is 0 Å². The second kappa shape index (κ2) is 10.1. The van der Waals surface area contributed by atoms with Gasteiger partial charge in [0.2, 0.25) is 11.8 Å². The fourth-order valence-corrected chi connectivity index (χ4v) is 5.35. The van der Waals surface area contributed by atoms with Crippen LogP contribution in [0.5, 0.6) is 0 Å². The van der Waals surface area contributed by atoms with E-state index in [-0.39, 0.29) is 33.8 Å². The van der Waals surface area contributed by atoms with Crippen LogP contribution >= 0.6 is 39.1 Å². The lowest BCUT2D eigenvalue weighted by Crippen LogP contribution is -2.34. The topological polar surface area (TPSA) is 92.8 Å². The number of halogens is 3. The van der Waals surface area contributed by atoms with E-state index in [1.165, 1.54) is 12.1 Å². The van der Waals surface area contributed by atoms with E-state index in [2.05, 4.69) is 21.2 Å². The molecule has 10 heteroatoms. The average molecular weight is 568 g/mol. The van der Waals surface area contributed by atoms with Crippen molar-refractivity contribution in [1.82, 2.24) is 0 Å². The Morgan fingerprint density at radius 2 is 1.71 bits per heavy atom. The Morgan fingerprint density at radius 1 is 1.06 bits per heavy atom. The molecule has 1 saturated heterocycles. The largest absolute Gasteiger partial charge is 0.452 e. The third-order valence-corrected chi connectivity index (χ3v) is 7.64. The van der Waals surface area contributed by atoms with E-state index in [4.69, 9.17) is 27.9 Å². The van der Waals surface area contributed by atoms with Gasteiger partial charge in [0.25, 0.3) is 5.91 Å². The molecule has 7 nitrogen and oxygen atoms in total. The normalized spacial score (nSPS) is 24.1. The Kier molecular flexibility index (Phi) is 7.31. The maximum atomic E-state index is 13.0. The predicted octanol–water partition coefficient (Wildman–Crippen LogP) is 4.67. The van der Waals surface area contributed by atoms with Gasteiger partial charge in [0, 0.05) is 10.2 Å². The van der Waals surface area contributed by atoms with Crippen molar-refractivity contribution in [3.63, 3.8) is 0 Å². The number of ether oxygens (including phenoxy) is 1. The number of fused-ring (bicyclic) bond motifs is 1. The van der Waals surface area contributed by atoms with Crippen molar-refractivity contribution in [2.75, 3.05) is 16.8 Å². The minimum absolute atomic E-state index is 0.117. The third-order valence-electron chi connectivity index (χ3n) is 6.05. The van der Waals surface area contributed by atoms with E-state index in [0.29, 0.717) is 18.5 Å². The summed E-state index contributed by atoms with van der Waals surface area (Å²) in [5.74, 6) is -2.98. The average Bonchev–Trinajstić information content (AvgIpc) is 3.03. The zero-order valence-corrected chi connectivity index (χ0v) is 21.2. The third kappa shape index (κ3) is 4.99. The Morgan fingerprint density at radius 3 is 2.32 bits per heavy atom. The zero-order chi connectivity index (χ0) is 24.6. The number of imide groups is 1. The van der Waals surface area contributed by atoms with Gasteiger partial charge in [-0.2, -0.15) is 0 Å². The lowest BCUT2D eigenvalue weighted by molar-refractivity contribution is -0.122. The molecule has 4 rings (SSSR count). The van der Waals surface area contributed by atoms with Gasteiger partial charge in [-0.25, -0.2) is 4.79 Å². The highest BCUT2D eigenvalue weighted by Crippen LogP contribution is 2.43. The van der Waals surface area contributed by atoms with Crippen LogP contribution in [0.1, 0.15) is 28.8 Å². The highest BCUT2D eigenvalue weighted by atomic mass is 79.9. The summed E-state index contributed by atoms with van der Waals surface area (Å²) < 4.78 is 6.02. The molecule has 0 aromatic heterocycles. The van der Waals surface area contributed by atoms with Gasteiger partial charge in [-0.15, -0.1) is 23.2 Å². The van der Waals surface area contributed by atoms with Crippen LogP contribution in [-0.4, -0.2) is 41.1 Å². The molecular weight excluding hydrogens is 547 g/mol. The lowest BCUT2D eigenvalue weighted by atomic mass is 9.80. The number of amides is 3. The van der Waals surface area contributed by atoms with Gasteiger partial charge in [0.1, 0.15) is 0 Å². The van der Waals surface area contributed by atoms with E-state index >= 15 is 0 Å². The Hall–Kier alpha value is -2.42. The second-order valence-corrected chi connectivity index (χ2v) is 10.4. The van der Waals surface area contributed by atoms with Crippen LogP contribution in [0.4, 0.5) is 11.4 Å². The number of carbonyl (C=O) groups is 4. The minimum atomic E-state index is -0.748. The summed E-state index contributed by atoms with van der Waals surface area (Å²) in [6, 6.07) is 11.4. The molecule has 2 aliphatic rings. The van der Waals surface area contributed by atoms with Crippen LogP contribution < -0.4 is 10.2 Å². The van der Waals surface area contributed by atoms with Gasteiger partial charge in [-0.3, -0.25) is 19.3 Å². The van der Waals surface area contributed by atoms with Crippen LogP contribution in [0.3, 0.4) is 0 Å². The molecule has 0 spiro atoms. The number of nitrogens with zero attached hydrogens (tertiary/aromatic N) is 1. The summed E-state index contributed by atoms with van der Waals surface area (Å²) in [7, 11) is 0. The van der Waals surface area contributed by atoms with Crippen molar-refractivity contribution in [3.05, 3.63) is 58.1 Å². The molecule has 2 aromatic carbocycles.